The molecule has 0 aliphatic rings. The van der Waals surface area contributed by atoms with E-state index in [1.165, 1.54) is 0 Å². The molecule has 0 radical (unpaired) electrons. The summed E-state index contributed by atoms with van der Waals surface area (Å²) in [6, 6.07) is 17.6. The van der Waals surface area contributed by atoms with Gasteiger partial charge in [0, 0.05) is 18.8 Å². The lowest BCUT2D eigenvalue weighted by molar-refractivity contribution is -0.117. The second-order valence-electron chi connectivity index (χ2n) is 4.67. The number of amides is 1. The average Bonchev–Trinajstić information content (AvgIpc) is 2.50. The summed E-state index contributed by atoms with van der Waals surface area (Å²) in [4.78, 5) is 14.2. The number of likely N-dealkylation sites (N-methyl/N-ethyl adjacent to an activating group) is 1. The van der Waals surface area contributed by atoms with Crippen molar-refractivity contribution in [3.05, 3.63) is 65.7 Å². The molecule has 0 fully saturated rings. The topological polar surface area (TPSA) is 46.3 Å². The minimum absolute atomic E-state index is 0.110. The van der Waals surface area contributed by atoms with Gasteiger partial charge in [-0.2, -0.15) is 0 Å². The molecule has 2 N–H and O–H groups in total. The predicted molar refractivity (Wildman–Crippen MR) is 82.5 cm³/mol. The molecule has 3 nitrogen and oxygen atoms in total. The first-order valence-electron chi connectivity index (χ1n) is 6.88. The predicted octanol–water partition coefficient (Wildman–Crippen LogP) is 2.74. The fourth-order valence-corrected chi connectivity index (χ4v) is 2.17. The van der Waals surface area contributed by atoms with E-state index in [-0.39, 0.29) is 5.91 Å². The molecular weight excluding hydrogens is 248 g/mol. The van der Waals surface area contributed by atoms with Gasteiger partial charge in [0.1, 0.15) is 0 Å². The van der Waals surface area contributed by atoms with E-state index >= 15 is 0 Å². The Hall–Kier alpha value is -2.13. The van der Waals surface area contributed by atoms with Crippen molar-refractivity contribution < 1.29 is 4.79 Å². The number of para-hydroxylation sites is 1. The van der Waals surface area contributed by atoms with Gasteiger partial charge < -0.3 is 10.6 Å². The minimum Gasteiger partial charge on any atom is -0.326 e. The summed E-state index contributed by atoms with van der Waals surface area (Å²) in [5, 5.41) is 0. The number of carbonyl (C=O) groups excluding carboxylic acids is 1. The molecule has 0 spiro atoms. The molecule has 104 valence electrons. The quantitative estimate of drug-likeness (QED) is 0.906. The third-order valence-electron chi connectivity index (χ3n) is 3.30. The molecule has 0 unspecified atom stereocenters. The normalized spacial score (nSPS) is 10.3. The van der Waals surface area contributed by atoms with Gasteiger partial charge in [-0.05, 0) is 30.2 Å². The fourth-order valence-electron chi connectivity index (χ4n) is 2.17. The van der Waals surface area contributed by atoms with Gasteiger partial charge in [-0.1, -0.05) is 42.5 Å². The molecule has 2 rings (SSSR count). The van der Waals surface area contributed by atoms with Gasteiger partial charge in [0.2, 0.25) is 5.91 Å². The first-order valence-corrected chi connectivity index (χ1v) is 6.88. The fraction of sp³-hybridized carbons (Fsp3) is 0.235. The van der Waals surface area contributed by atoms with Crippen molar-refractivity contribution in [2.24, 2.45) is 5.73 Å². The van der Waals surface area contributed by atoms with Crippen molar-refractivity contribution in [3.8, 4) is 0 Å². The van der Waals surface area contributed by atoms with Crippen LogP contribution in [0.3, 0.4) is 0 Å². The van der Waals surface area contributed by atoms with Crippen LogP contribution >= 0.6 is 0 Å². The number of anilines is 1. The van der Waals surface area contributed by atoms with E-state index in [9.17, 15) is 4.79 Å². The van der Waals surface area contributed by atoms with Crippen LogP contribution in [-0.2, 0) is 17.8 Å². The van der Waals surface area contributed by atoms with Crippen LogP contribution < -0.4 is 10.6 Å². The highest BCUT2D eigenvalue weighted by atomic mass is 16.2. The number of hydrogen-bond acceptors (Lipinski definition) is 2. The maximum Gasteiger partial charge on any atom is 0.231 e. The van der Waals surface area contributed by atoms with E-state index in [1.54, 1.807) is 4.90 Å². The van der Waals surface area contributed by atoms with Gasteiger partial charge in [0.15, 0.2) is 0 Å². The first-order chi connectivity index (χ1) is 9.74. The summed E-state index contributed by atoms with van der Waals surface area (Å²) in [5.74, 6) is 0.110. The Bertz CT molecular complexity index is 549. The molecule has 0 aromatic heterocycles. The van der Waals surface area contributed by atoms with Gasteiger partial charge in [0.25, 0.3) is 0 Å². The summed E-state index contributed by atoms with van der Waals surface area (Å²) < 4.78 is 0. The molecule has 1 amide bonds. The van der Waals surface area contributed by atoms with Crippen LogP contribution in [0.15, 0.2) is 54.6 Å². The van der Waals surface area contributed by atoms with E-state index in [0.29, 0.717) is 19.5 Å². The highest BCUT2D eigenvalue weighted by Gasteiger charge is 2.13. The van der Waals surface area contributed by atoms with E-state index in [0.717, 1.165) is 16.8 Å². The minimum atomic E-state index is 0.110. The Labute approximate surface area is 120 Å². The zero-order valence-corrected chi connectivity index (χ0v) is 11.8. The van der Waals surface area contributed by atoms with Crippen LogP contribution in [-0.4, -0.2) is 12.5 Å². The summed E-state index contributed by atoms with van der Waals surface area (Å²) in [6.45, 7) is 3.19. The Kier molecular flexibility index (Phi) is 4.91. The van der Waals surface area contributed by atoms with E-state index in [2.05, 4.69) is 0 Å². The van der Waals surface area contributed by atoms with Crippen LogP contribution in [0, 0.1) is 0 Å². The van der Waals surface area contributed by atoms with Crippen LogP contribution in [0.1, 0.15) is 18.1 Å². The third kappa shape index (κ3) is 3.45. The molecular formula is C17H20N2O. The van der Waals surface area contributed by atoms with E-state index in [4.69, 9.17) is 5.73 Å². The maximum absolute atomic E-state index is 12.4. The number of nitrogens with two attached hydrogens (primary N) is 1. The molecule has 20 heavy (non-hydrogen) atoms. The molecule has 0 saturated carbocycles. The lowest BCUT2D eigenvalue weighted by atomic mass is 10.1. The number of benzene rings is 2. The van der Waals surface area contributed by atoms with Crippen molar-refractivity contribution in [2.45, 2.75) is 19.9 Å². The summed E-state index contributed by atoms with van der Waals surface area (Å²) in [7, 11) is 0. The van der Waals surface area contributed by atoms with Gasteiger partial charge in [0.05, 0.1) is 6.42 Å². The highest BCUT2D eigenvalue weighted by molar-refractivity contribution is 5.94. The number of nitrogens with zero attached hydrogens (tertiary/aromatic N) is 1. The molecule has 2 aromatic carbocycles. The Balaban J connectivity index is 2.09. The molecule has 0 atom stereocenters. The van der Waals surface area contributed by atoms with Gasteiger partial charge >= 0.3 is 0 Å². The Morgan fingerprint density at radius 3 is 2.15 bits per heavy atom. The first kappa shape index (κ1) is 14.3. The number of hydrogen-bond donors (Lipinski definition) is 1. The molecule has 0 saturated heterocycles. The lowest BCUT2D eigenvalue weighted by Crippen LogP contribution is -2.31. The zero-order chi connectivity index (χ0) is 14.4. The second-order valence-corrected chi connectivity index (χ2v) is 4.67. The molecule has 0 aliphatic carbocycles. The molecule has 2 aromatic rings. The molecule has 0 bridgehead atoms. The largest absolute Gasteiger partial charge is 0.326 e. The maximum atomic E-state index is 12.4. The Morgan fingerprint density at radius 2 is 1.60 bits per heavy atom. The van der Waals surface area contributed by atoms with Crippen molar-refractivity contribution in [2.75, 3.05) is 11.4 Å². The van der Waals surface area contributed by atoms with Gasteiger partial charge in [-0.25, -0.2) is 0 Å². The third-order valence-corrected chi connectivity index (χ3v) is 3.30. The summed E-state index contributed by atoms with van der Waals surface area (Å²) >= 11 is 0. The summed E-state index contributed by atoms with van der Waals surface area (Å²) in [5.41, 5.74) is 8.61. The summed E-state index contributed by atoms with van der Waals surface area (Å²) in [6.07, 6.45) is 0.410. The molecule has 0 aliphatic heterocycles. The van der Waals surface area contributed by atoms with Crippen LogP contribution in [0.25, 0.3) is 0 Å². The number of rotatable bonds is 5. The monoisotopic (exact) mass is 268 g/mol. The smallest absolute Gasteiger partial charge is 0.231 e. The van der Waals surface area contributed by atoms with Gasteiger partial charge in [-0.3, -0.25) is 4.79 Å². The highest BCUT2D eigenvalue weighted by Crippen LogP contribution is 2.15. The zero-order valence-electron chi connectivity index (χ0n) is 11.8. The van der Waals surface area contributed by atoms with E-state index in [1.807, 2.05) is 61.5 Å². The van der Waals surface area contributed by atoms with Crippen molar-refractivity contribution in [1.82, 2.24) is 0 Å². The standard InChI is InChI=1S/C17H20N2O/c1-2-19(16-6-4-3-5-7-16)17(20)12-14-8-10-15(13-18)11-9-14/h3-11H,2,12-13,18H2,1H3. The average molecular weight is 268 g/mol. The second kappa shape index (κ2) is 6.87. The van der Waals surface area contributed by atoms with Gasteiger partial charge in [-0.15, -0.1) is 0 Å². The van der Waals surface area contributed by atoms with Crippen LogP contribution in [0.4, 0.5) is 5.69 Å². The van der Waals surface area contributed by atoms with Crippen molar-refractivity contribution in [1.29, 1.82) is 0 Å². The SMILES string of the molecule is CCN(C(=O)Cc1ccc(CN)cc1)c1ccccc1. The molecule has 3 heteroatoms. The number of carbonyl (C=O) groups is 1. The van der Waals surface area contributed by atoms with Crippen LogP contribution in [0.5, 0.6) is 0 Å². The van der Waals surface area contributed by atoms with Crippen molar-refractivity contribution >= 4 is 11.6 Å². The Morgan fingerprint density at radius 1 is 1.00 bits per heavy atom. The van der Waals surface area contributed by atoms with Crippen LogP contribution in [0.2, 0.25) is 0 Å². The van der Waals surface area contributed by atoms with Crippen molar-refractivity contribution in [3.63, 3.8) is 0 Å². The lowest BCUT2D eigenvalue weighted by Gasteiger charge is -2.21. The molecule has 0 heterocycles. The van der Waals surface area contributed by atoms with E-state index < -0.39 is 0 Å².